The zero-order valence-corrected chi connectivity index (χ0v) is 15.9. The predicted octanol–water partition coefficient (Wildman–Crippen LogP) is 3.48. The molecule has 3 aromatic rings. The van der Waals surface area contributed by atoms with Gasteiger partial charge in [-0.2, -0.15) is 0 Å². The Morgan fingerprint density at radius 3 is 2.07 bits per heavy atom. The summed E-state index contributed by atoms with van der Waals surface area (Å²) >= 11 is 0. The molecule has 0 spiro atoms. The first-order valence-electron chi connectivity index (χ1n) is 9.13. The number of hydrogen-bond donors (Lipinski definition) is 3. The topological polar surface area (TPSA) is 87.3 Å². The monoisotopic (exact) mass is 387 g/mol. The van der Waals surface area contributed by atoms with Crippen LogP contribution in [-0.2, 0) is 11.2 Å². The molecule has 6 heteroatoms. The Hall–Kier alpha value is -3.93. The molecule has 0 bridgehead atoms. The van der Waals surface area contributed by atoms with Crippen molar-refractivity contribution in [1.29, 1.82) is 0 Å². The van der Waals surface area contributed by atoms with Gasteiger partial charge in [-0.3, -0.25) is 14.4 Å². The normalized spacial score (nSPS) is 10.1. The highest BCUT2D eigenvalue weighted by Crippen LogP contribution is 2.19. The van der Waals surface area contributed by atoms with Gasteiger partial charge >= 0.3 is 0 Å². The molecule has 0 aliphatic heterocycles. The van der Waals surface area contributed by atoms with Crippen LogP contribution in [0, 0.1) is 0 Å². The third-order valence-corrected chi connectivity index (χ3v) is 4.31. The minimum Gasteiger partial charge on any atom is -0.359 e. The van der Waals surface area contributed by atoms with Gasteiger partial charge < -0.3 is 16.0 Å². The SMILES string of the molecule is CNC(=O)Cc1ccc(NC(=O)c2ccccc2NC(=O)c2ccccc2)cc1. The van der Waals surface area contributed by atoms with E-state index in [2.05, 4.69) is 16.0 Å². The molecule has 0 saturated carbocycles. The lowest BCUT2D eigenvalue weighted by Crippen LogP contribution is -2.20. The first kappa shape index (κ1) is 19.8. The Labute approximate surface area is 169 Å². The van der Waals surface area contributed by atoms with E-state index in [1.165, 1.54) is 0 Å². The van der Waals surface area contributed by atoms with E-state index in [-0.39, 0.29) is 24.1 Å². The molecule has 0 radical (unpaired) electrons. The predicted molar refractivity (Wildman–Crippen MR) is 113 cm³/mol. The van der Waals surface area contributed by atoms with Gasteiger partial charge in [0.1, 0.15) is 0 Å². The lowest BCUT2D eigenvalue weighted by Gasteiger charge is -2.12. The van der Waals surface area contributed by atoms with Gasteiger partial charge in [-0.15, -0.1) is 0 Å². The first-order valence-corrected chi connectivity index (χ1v) is 9.13. The average molecular weight is 387 g/mol. The molecular weight excluding hydrogens is 366 g/mol. The number of anilines is 2. The van der Waals surface area contributed by atoms with Gasteiger partial charge in [-0.25, -0.2) is 0 Å². The fraction of sp³-hybridized carbons (Fsp3) is 0.0870. The van der Waals surface area contributed by atoms with Gasteiger partial charge in [0, 0.05) is 18.3 Å². The molecule has 6 nitrogen and oxygen atoms in total. The number of rotatable bonds is 6. The van der Waals surface area contributed by atoms with E-state index in [0.717, 1.165) is 5.56 Å². The minimum absolute atomic E-state index is 0.0788. The van der Waals surface area contributed by atoms with E-state index in [9.17, 15) is 14.4 Å². The third-order valence-electron chi connectivity index (χ3n) is 4.31. The molecular formula is C23H21N3O3. The number of nitrogens with one attached hydrogen (secondary N) is 3. The third kappa shape index (κ3) is 5.29. The van der Waals surface area contributed by atoms with E-state index in [4.69, 9.17) is 0 Å². The smallest absolute Gasteiger partial charge is 0.257 e. The Balaban J connectivity index is 1.71. The zero-order valence-electron chi connectivity index (χ0n) is 15.9. The van der Waals surface area contributed by atoms with Gasteiger partial charge in [0.25, 0.3) is 11.8 Å². The molecule has 29 heavy (non-hydrogen) atoms. The molecule has 0 heterocycles. The van der Waals surface area contributed by atoms with Crippen molar-refractivity contribution in [2.24, 2.45) is 0 Å². The van der Waals surface area contributed by atoms with Crippen LogP contribution in [0.25, 0.3) is 0 Å². The van der Waals surface area contributed by atoms with E-state index >= 15 is 0 Å². The highest BCUT2D eigenvalue weighted by Gasteiger charge is 2.14. The molecule has 0 aliphatic carbocycles. The molecule has 0 atom stereocenters. The number of amides is 3. The molecule has 0 aromatic heterocycles. The second-order valence-electron chi connectivity index (χ2n) is 6.37. The minimum atomic E-state index is -0.340. The van der Waals surface area contributed by atoms with E-state index in [1.807, 2.05) is 6.07 Å². The van der Waals surface area contributed by atoms with Crippen LogP contribution in [0.15, 0.2) is 78.9 Å². The van der Waals surface area contributed by atoms with E-state index < -0.39 is 0 Å². The molecule has 0 saturated heterocycles. The maximum absolute atomic E-state index is 12.7. The largest absolute Gasteiger partial charge is 0.359 e. The van der Waals surface area contributed by atoms with Crippen LogP contribution in [-0.4, -0.2) is 24.8 Å². The number of hydrogen-bond acceptors (Lipinski definition) is 3. The first-order chi connectivity index (χ1) is 14.1. The summed E-state index contributed by atoms with van der Waals surface area (Å²) in [6, 6.07) is 22.7. The summed E-state index contributed by atoms with van der Waals surface area (Å²) in [5.74, 6) is -0.706. The highest BCUT2D eigenvalue weighted by molar-refractivity contribution is 6.12. The average Bonchev–Trinajstić information content (AvgIpc) is 2.76. The Morgan fingerprint density at radius 2 is 1.38 bits per heavy atom. The van der Waals surface area contributed by atoms with Gasteiger partial charge in [0.2, 0.25) is 5.91 Å². The van der Waals surface area contributed by atoms with Gasteiger partial charge in [-0.1, -0.05) is 42.5 Å². The van der Waals surface area contributed by atoms with Crippen LogP contribution in [0.4, 0.5) is 11.4 Å². The summed E-state index contributed by atoms with van der Waals surface area (Å²) < 4.78 is 0. The van der Waals surface area contributed by atoms with Crippen molar-refractivity contribution in [3.63, 3.8) is 0 Å². The second-order valence-corrected chi connectivity index (χ2v) is 6.37. The van der Waals surface area contributed by atoms with Crippen LogP contribution < -0.4 is 16.0 Å². The lowest BCUT2D eigenvalue weighted by atomic mass is 10.1. The standard InChI is InChI=1S/C23H21N3O3/c1-24-21(27)15-16-11-13-18(14-12-16)25-23(29)19-9-5-6-10-20(19)26-22(28)17-7-3-2-4-8-17/h2-14H,15H2,1H3,(H,24,27)(H,25,29)(H,26,28). The van der Waals surface area contributed by atoms with Crippen molar-refractivity contribution in [1.82, 2.24) is 5.32 Å². The fourth-order valence-corrected chi connectivity index (χ4v) is 2.75. The molecule has 3 aromatic carbocycles. The van der Waals surface area contributed by atoms with Gasteiger partial charge in [0.15, 0.2) is 0 Å². The van der Waals surface area contributed by atoms with E-state index in [1.54, 1.807) is 79.8 Å². The molecule has 3 N–H and O–H groups in total. The second kappa shape index (κ2) is 9.32. The summed E-state index contributed by atoms with van der Waals surface area (Å²) in [7, 11) is 1.59. The Bertz CT molecular complexity index is 1020. The molecule has 3 amide bonds. The summed E-state index contributed by atoms with van der Waals surface area (Å²) in [5, 5.41) is 8.17. The summed E-state index contributed by atoms with van der Waals surface area (Å²) in [5.41, 5.74) is 2.73. The molecule has 0 fully saturated rings. The van der Waals surface area contributed by atoms with Crippen molar-refractivity contribution in [2.45, 2.75) is 6.42 Å². The van der Waals surface area contributed by atoms with Crippen LogP contribution in [0.5, 0.6) is 0 Å². The van der Waals surface area contributed by atoms with Crippen molar-refractivity contribution >= 4 is 29.1 Å². The number of carbonyl (C=O) groups excluding carboxylic acids is 3. The fourth-order valence-electron chi connectivity index (χ4n) is 2.75. The summed E-state index contributed by atoms with van der Waals surface area (Å²) in [6.07, 6.45) is 0.277. The quantitative estimate of drug-likeness (QED) is 0.605. The number of likely N-dealkylation sites (N-methyl/N-ethyl adjacent to an activating group) is 1. The van der Waals surface area contributed by atoms with Gasteiger partial charge in [-0.05, 0) is 42.0 Å². The van der Waals surface area contributed by atoms with Gasteiger partial charge in [0.05, 0.1) is 17.7 Å². The van der Waals surface area contributed by atoms with Crippen molar-refractivity contribution in [3.05, 3.63) is 95.6 Å². The Morgan fingerprint density at radius 1 is 0.724 bits per heavy atom. The maximum atomic E-state index is 12.7. The highest BCUT2D eigenvalue weighted by atomic mass is 16.2. The number of benzene rings is 3. The van der Waals surface area contributed by atoms with Crippen LogP contribution in [0.1, 0.15) is 26.3 Å². The molecule has 146 valence electrons. The maximum Gasteiger partial charge on any atom is 0.257 e. The van der Waals surface area contributed by atoms with Crippen molar-refractivity contribution < 1.29 is 14.4 Å². The van der Waals surface area contributed by atoms with Crippen molar-refractivity contribution in [3.8, 4) is 0 Å². The van der Waals surface area contributed by atoms with E-state index in [0.29, 0.717) is 22.5 Å². The number of carbonyl (C=O) groups is 3. The van der Waals surface area contributed by atoms with Crippen LogP contribution in [0.2, 0.25) is 0 Å². The zero-order chi connectivity index (χ0) is 20.6. The molecule has 0 unspecified atom stereocenters. The molecule has 0 aliphatic rings. The summed E-state index contributed by atoms with van der Waals surface area (Å²) in [4.78, 5) is 36.6. The number of para-hydroxylation sites is 1. The Kier molecular flexibility index (Phi) is 6.37. The van der Waals surface area contributed by atoms with Crippen molar-refractivity contribution in [2.75, 3.05) is 17.7 Å². The van der Waals surface area contributed by atoms with Crippen LogP contribution in [0.3, 0.4) is 0 Å². The lowest BCUT2D eigenvalue weighted by molar-refractivity contribution is -0.119. The molecule has 3 rings (SSSR count). The summed E-state index contributed by atoms with van der Waals surface area (Å²) in [6.45, 7) is 0. The van der Waals surface area contributed by atoms with Crippen LogP contribution >= 0.6 is 0 Å².